The van der Waals surface area contributed by atoms with Crippen molar-refractivity contribution in [3.63, 3.8) is 0 Å². The maximum absolute atomic E-state index is 13.6. The zero-order valence-corrected chi connectivity index (χ0v) is 25.4. The molecule has 0 saturated heterocycles. The molecule has 0 radical (unpaired) electrons. The SMILES string of the molecule is CCCCNC(=O)[C@@H](CC)N(Cc1ccc(Cl)c(Cl)c1)C(=O)CCCN(c1ccc2c(c1)OCCO2)S(C)(=O)=O. The van der Waals surface area contributed by atoms with E-state index in [0.29, 0.717) is 53.4 Å². The molecule has 2 amide bonds. The van der Waals surface area contributed by atoms with Crippen molar-refractivity contribution in [3.8, 4) is 11.5 Å². The molecule has 40 heavy (non-hydrogen) atoms. The summed E-state index contributed by atoms with van der Waals surface area (Å²) in [6, 6.07) is 9.37. The molecule has 0 saturated carbocycles. The molecule has 1 atom stereocenters. The van der Waals surface area contributed by atoms with Crippen molar-refractivity contribution in [1.82, 2.24) is 10.2 Å². The molecule has 0 fully saturated rings. The van der Waals surface area contributed by atoms with Crippen LogP contribution >= 0.6 is 23.2 Å². The normalized spacial score (nSPS) is 13.4. The summed E-state index contributed by atoms with van der Waals surface area (Å²) < 4.78 is 37.7. The number of carbonyl (C=O) groups excluding carboxylic acids is 2. The smallest absolute Gasteiger partial charge is 0.242 e. The summed E-state index contributed by atoms with van der Waals surface area (Å²) in [6.07, 6.45) is 3.59. The second-order valence-corrected chi connectivity index (χ2v) is 12.3. The van der Waals surface area contributed by atoms with Crippen molar-refractivity contribution < 1.29 is 27.5 Å². The number of unbranched alkanes of at least 4 members (excludes halogenated alkanes) is 1. The van der Waals surface area contributed by atoms with Gasteiger partial charge < -0.3 is 19.7 Å². The quantitative estimate of drug-likeness (QED) is 0.299. The second kappa shape index (κ2) is 14.8. The van der Waals surface area contributed by atoms with Crippen LogP contribution in [0.2, 0.25) is 10.0 Å². The maximum atomic E-state index is 13.6. The predicted molar refractivity (Wildman–Crippen MR) is 158 cm³/mol. The lowest BCUT2D eigenvalue weighted by Gasteiger charge is -2.31. The number of hydrogen-bond acceptors (Lipinski definition) is 6. The fourth-order valence-electron chi connectivity index (χ4n) is 4.45. The van der Waals surface area contributed by atoms with Crippen molar-refractivity contribution >= 4 is 50.7 Å². The number of carbonyl (C=O) groups is 2. The number of nitrogens with one attached hydrogen (secondary N) is 1. The van der Waals surface area contributed by atoms with Crippen LogP contribution in [0.1, 0.15) is 51.5 Å². The first kappa shape index (κ1) is 31.8. The number of ether oxygens (including phenoxy) is 2. The van der Waals surface area contributed by atoms with Gasteiger partial charge in [-0.1, -0.05) is 49.5 Å². The summed E-state index contributed by atoms with van der Waals surface area (Å²) in [5.74, 6) is 0.540. The molecule has 2 aromatic carbocycles. The first-order chi connectivity index (χ1) is 19.0. The van der Waals surface area contributed by atoms with Gasteiger partial charge in [-0.05, 0) is 49.1 Å². The third-order valence-electron chi connectivity index (χ3n) is 6.52. The van der Waals surface area contributed by atoms with Crippen LogP contribution in [0.5, 0.6) is 11.5 Å². The minimum Gasteiger partial charge on any atom is -0.486 e. The Morgan fingerprint density at radius 2 is 1.73 bits per heavy atom. The molecule has 12 heteroatoms. The number of hydrogen-bond donors (Lipinski definition) is 1. The molecule has 1 aliphatic rings. The number of sulfonamides is 1. The van der Waals surface area contributed by atoms with Gasteiger partial charge >= 0.3 is 0 Å². The number of rotatable bonds is 14. The molecule has 0 spiro atoms. The zero-order chi connectivity index (χ0) is 29.3. The number of halogens is 2. The minimum absolute atomic E-state index is 0.0383. The van der Waals surface area contributed by atoms with Gasteiger partial charge in [0, 0.05) is 32.1 Å². The van der Waals surface area contributed by atoms with Crippen molar-refractivity contribution in [2.24, 2.45) is 0 Å². The van der Waals surface area contributed by atoms with E-state index in [4.69, 9.17) is 32.7 Å². The van der Waals surface area contributed by atoms with Crippen molar-refractivity contribution in [2.45, 2.75) is 58.5 Å². The number of anilines is 1. The van der Waals surface area contributed by atoms with Crippen LogP contribution in [0.4, 0.5) is 5.69 Å². The highest BCUT2D eigenvalue weighted by molar-refractivity contribution is 7.92. The molecule has 220 valence electrons. The summed E-state index contributed by atoms with van der Waals surface area (Å²) >= 11 is 12.3. The highest BCUT2D eigenvalue weighted by atomic mass is 35.5. The summed E-state index contributed by atoms with van der Waals surface area (Å²) in [7, 11) is -3.65. The zero-order valence-electron chi connectivity index (χ0n) is 23.1. The van der Waals surface area contributed by atoms with Gasteiger partial charge in [0.25, 0.3) is 0 Å². The molecule has 0 aromatic heterocycles. The van der Waals surface area contributed by atoms with E-state index in [9.17, 15) is 18.0 Å². The summed E-state index contributed by atoms with van der Waals surface area (Å²) in [6.45, 7) is 5.46. The minimum atomic E-state index is -3.65. The molecule has 2 aromatic rings. The van der Waals surface area contributed by atoms with E-state index in [2.05, 4.69) is 5.32 Å². The molecule has 9 nitrogen and oxygen atoms in total. The van der Waals surface area contributed by atoms with Crippen LogP contribution in [0.3, 0.4) is 0 Å². The lowest BCUT2D eigenvalue weighted by atomic mass is 10.1. The Balaban J connectivity index is 1.77. The Labute approximate surface area is 246 Å². The van der Waals surface area contributed by atoms with Crippen LogP contribution in [0, 0.1) is 0 Å². The van der Waals surface area contributed by atoms with Crippen LogP contribution in [-0.2, 0) is 26.2 Å². The van der Waals surface area contributed by atoms with Gasteiger partial charge in [0.2, 0.25) is 21.8 Å². The molecule has 3 rings (SSSR count). The molecule has 1 aliphatic heterocycles. The first-order valence-electron chi connectivity index (χ1n) is 13.4. The fourth-order valence-corrected chi connectivity index (χ4v) is 5.73. The van der Waals surface area contributed by atoms with Crippen molar-refractivity contribution in [3.05, 3.63) is 52.0 Å². The highest BCUT2D eigenvalue weighted by Gasteiger charge is 2.29. The largest absolute Gasteiger partial charge is 0.486 e. The molecule has 0 aliphatic carbocycles. The van der Waals surface area contributed by atoms with E-state index in [1.165, 1.54) is 9.21 Å². The molecule has 1 heterocycles. The Bertz CT molecular complexity index is 1290. The molecular formula is C28H37Cl2N3O6S. The second-order valence-electron chi connectivity index (χ2n) is 9.61. The summed E-state index contributed by atoms with van der Waals surface area (Å²) in [5.41, 5.74) is 1.16. The predicted octanol–water partition coefficient (Wildman–Crippen LogP) is 5.03. The standard InChI is InChI=1S/C28H37Cl2N3O6S/c1-4-6-13-31-28(35)24(5-2)32(19-20-9-11-22(29)23(30)17-20)27(34)8-7-14-33(40(3,36)37)21-10-12-25-26(18-21)39-16-15-38-25/h9-12,17-18,24H,4-8,13-16,19H2,1-3H3,(H,31,35)/t24-/m1/s1. The van der Waals surface area contributed by atoms with Crippen LogP contribution in [0.15, 0.2) is 36.4 Å². The average molecular weight is 615 g/mol. The number of fused-ring (bicyclic) bond motifs is 1. The van der Waals surface area contributed by atoms with Gasteiger partial charge in [-0.15, -0.1) is 0 Å². The van der Waals surface area contributed by atoms with E-state index in [0.717, 1.165) is 24.7 Å². The lowest BCUT2D eigenvalue weighted by molar-refractivity contribution is -0.141. The third kappa shape index (κ3) is 8.65. The number of amides is 2. The van der Waals surface area contributed by atoms with E-state index in [-0.39, 0.29) is 37.7 Å². The summed E-state index contributed by atoms with van der Waals surface area (Å²) in [4.78, 5) is 28.2. The molecular weight excluding hydrogens is 577 g/mol. The first-order valence-corrected chi connectivity index (χ1v) is 16.0. The molecule has 0 bridgehead atoms. The number of benzene rings is 2. The van der Waals surface area contributed by atoms with E-state index in [1.54, 1.807) is 36.4 Å². The Hall–Kier alpha value is -2.69. The molecule has 0 unspecified atom stereocenters. The van der Waals surface area contributed by atoms with Crippen LogP contribution in [0.25, 0.3) is 0 Å². The van der Waals surface area contributed by atoms with E-state index >= 15 is 0 Å². The lowest BCUT2D eigenvalue weighted by Crippen LogP contribution is -2.49. The van der Waals surface area contributed by atoms with Gasteiger partial charge in [0.05, 0.1) is 22.0 Å². The van der Waals surface area contributed by atoms with Gasteiger partial charge in [0.15, 0.2) is 11.5 Å². The highest BCUT2D eigenvalue weighted by Crippen LogP contribution is 2.35. The number of nitrogens with zero attached hydrogens (tertiary/aromatic N) is 2. The van der Waals surface area contributed by atoms with E-state index < -0.39 is 16.1 Å². The Morgan fingerprint density at radius 1 is 1.00 bits per heavy atom. The molecule has 1 N–H and O–H groups in total. The van der Waals surface area contributed by atoms with Gasteiger partial charge in [0.1, 0.15) is 19.3 Å². The van der Waals surface area contributed by atoms with Crippen LogP contribution in [-0.4, -0.2) is 63.7 Å². The topological polar surface area (TPSA) is 105 Å². The van der Waals surface area contributed by atoms with Crippen molar-refractivity contribution in [2.75, 3.05) is 36.9 Å². The monoisotopic (exact) mass is 613 g/mol. The van der Waals surface area contributed by atoms with Crippen LogP contribution < -0.4 is 19.1 Å². The Kier molecular flexibility index (Phi) is 11.8. The van der Waals surface area contributed by atoms with E-state index in [1.807, 2.05) is 13.8 Å². The van der Waals surface area contributed by atoms with Gasteiger partial charge in [-0.2, -0.15) is 0 Å². The maximum Gasteiger partial charge on any atom is 0.242 e. The van der Waals surface area contributed by atoms with Crippen molar-refractivity contribution in [1.29, 1.82) is 0 Å². The fraction of sp³-hybridized carbons (Fsp3) is 0.500. The Morgan fingerprint density at radius 3 is 2.38 bits per heavy atom. The third-order valence-corrected chi connectivity index (χ3v) is 8.45. The van der Waals surface area contributed by atoms with Gasteiger partial charge in [-0.3, -0.25) is 13.9 Å². The average Bonchev–Trinajstić information content (AvgIpc) is 2.92. The summed E-state index contributed by atoms with van der Waals surface area (Å²) in [5, 5.41) is 3.68. The van der Waals surface area contributed by atoms with Gasteiger partial charge in [-0.25, -0.2) is 8.42 Å².